The van der Waals surface area contributed by atoms with Crippen molar-refractivity contribution in [2.45, 2.75) is 37.1 Å². The Kier molecular flexibility index (Phi) is 6.46. The van der Waals surface area contributed by atoms with Crippen molar-refractivity contribution in [1.82, 2.24) is 14.7 Å². The van der Waals surface area contributed by atoms with E-state index in [1.54, 1.807) is 0 Å². The van der Waals surface area contributed by atoms with E-state index in [1.165, 1.54) is 23.3 Å². The van der Waals surface area contributed by atoms with Gasteiger partial charge in [0.05, 0.1) is 6.04 Å². The van der Waals surface area contributed by atoms with Crippen LogP contribution < -0.4 is 11.1 Å². The summed E-state index contributed by atoms with van der Waals surface area (Å²) in [7, 11) is 0. The fraction of sp³-hybridized carbons (Fsp3) is 0.700. The molecule has 0 aromatic carbocycles. The Morgan fingerprint density at radius 3 is 2.88 bits per heavy atom. The van der Waals surface area contributed by atoms with Crippen LogP contribution in [-0.2, 0) is 11.2 Å². The topological polar surface area (TPSA) is 80.9 Å². The molecule has 96 valence electrons. The van der Waals surface area contributed by atoms with E-state index in [1.807, 2.05) is 6.92 Å². The van der Waals surface area contributed by atoms with Crippen molar-refractivity contribution in [3.8, 4) is 0 Å². The lowest BCUT2D eigenvalue weighted by Crippen LogP contribution is -2.43. The van der Waals surface area contributed by atoms with Crippen LogP contribution in [0.5, 0.6) is 0 Å². The van der Waals surface area contributed by atoms with Crippen molar-refractivity contribution in [2.75, 3.05) is 12.3 Å². The first kappa shape index (κ1) is 14.4. The second kappa shape index (κ2) is 7.62. The van der Waals surface area contributed by atoms with E-state index in [-0.39, 0.29) is 11.9 Å². The lowest BCUT2D eigenvalue weighted by Gasteiger charge is -2.13. The molecule has 0 aliphatic rings. The van der Waals surface area contributed by atoms with E-state index in [0.717, 1.165) is 29.6 Å². The molecule has 1 unspecified atom stereocenters. The van der Waals surface area contributed by atoms with Crippen molar-refractivity contribution in [3.63, 3.8) is 0 Å². The normalized spacial score (nSPS) is 12.6. The molecule has 0 saturated carbocycles. The minimum Gasteiger partial charge on any atom is -0.368 e. The van der Waals surface area contributed by atoms with E-state index < -0.39 is 0 Å². The summed E-state index contributed by atoms with van der Waals surface area (Å²) in [4.78, 5) is 15.5. The van der Waals surface area contributed by atoms with Crippen LogP contribution in [0.25, 0.3) is 0 Å². The molecule has 17 heavy (non-hydrogen) atoms. The molecule has 1 aromatic heterocycles. The van der Waals surface area contributed by atoms with Gasteiger partial charge in [0.15, 0.2) is 4.34 Å². The summed E-state index contributed by atoms with van der Waals surface area (Å²) in [6, 6.07) is -0.297. The fourth-order valence-corrected chi connectivity index (χ4v) is 2.94. The van der Waals surface area contributed by atoms with Gasteiger partial charge in [-0.3, -0.25) is 4.79 Å². The van der Waals surface area contributed by atoms with Crippen molar-refractivity contribution in [3.05, 3.63) is 5.82 Å². The number of amides is 1. The highest BCUT2D eigenvalue weighted by atomic mass is 32.2. The molecule has 5 nitrogen and oxygen atoms in total. The maximum Gasteiger partial charge on any atom is 0.235 e. The van der Waals surface area contributed by atoms with Gasteiger partial charge in [-0.05, 0) is 24.5 Å². The Labute approximate surface area is 110 Å². The highest BCUT2D eigenvalue weighted by Crippen LogP contribution is 2.20. The van der Waals surface area contributed by atoms with Crippen LogP contribution in [0.4, 0.5) is 0 Å². The minimum absolute atomic E-state index is 0.297. The maximum absolute atomic E-state index is 11.2. The van der Waals surface area contributed by atoms with Crippen LogP contribution in [0.3, 0.4) is 0 Å². The molecule has 1 heterocycles. The van der Waals surface area contributed by atoms with Gasteiger partial charge >= 0.3 is 0 Å². The van der Waals surface area contributed by atoms with Crippen LogP contribution in [0.2, 0.25) is 0 Å². The van der Waals surface area contributed by atoms with Gasteiger partial charge in [-0.15, -0.1) is 0 Å². The summed E-state index contributed by atoms with van der Waals surface area (Å²) < 4.78 is 5.09. The number of nitrogens with zero attached hydrogens (tertiary/aromatic N) is 2. The molecule has 0 spiro atoms. The summed E-state index contributed by atoms with van der Waals surface area (Å²) in [6.07, 6.45) is 1.82. The van der Waals surface area contributed by atoms with E-state index in [0.29, 0.717) is 5.75 Å². The first-order valence-corrected chi connectivity index (χ1v) is 7.41. The zero-order valence-corrected chi connectivity index (χ0v) is 11.7. The first-order valence-electron chi connectivity index (χ1n) is 5.65. The SMILES string of the molecule is CCCNC(CSc1nc(CC)ns1)C(N)=O. The summed E-state index contributed by atoms with van der Waals surface area (Å²) in [5.41, 5.74) is 5.33. The molecule has 0 aliphatic carbocycles. The van der Waals surface area contributed by atoms with Gasteiger partial charge in [-0.1, -0.05) is 25.6 Å². The molecule has 0 aliphatic heterocycles. The van der Waals surface area contributed by atoms with Crippen molar-refractivity contribution < 1.29 is 4.79 Å². The summed E-state index contributed by atoms with van der Waals surface area (Å²) in [6.45, 7) is 4.87. The van der Waals surface area contributed by atoms with Gasteiger partial charge in [0, 0.05) is 12.2 Å². The number of nitrogens with two attached hydrogens (primary N) is 1. The van der Waals surface area contributed by atoms with Gasteiger partial charge in [0.25, 0.3) is 0 Å². The largest absolute Gasteiger partial charge is 0.368 e. The van der Waals surface area contributed by atoms with Crippen molar-refractivity contribution in [1.29, 1.82) is 0 Å². The van der Waals surface area contributed by atoms with E-state index >= 15 is 0 Å². The number of aryl methyl sites for hydroxylation is 1. The third kappa shape index (κ3) is 5.01. The molecular formula is C10H18N4OS2. The third-order valence-corrected chi connectivity index (χ3v) is 4.09. The van der Waals surface area contributed by atoms with Crippen LogP contribution in [-0.4, -0.2) is 33.6 Å². The van der Waals surface area contributed by atoms with Crippen LogP contribution in [0, 0.1) is 0 Å². The molecule has 0 saturated heterocycles. The zero-order valence-electron chi connectivity index (χ0n) is 10.1. The Morgan fingerprint density at radius 2 is 2.35 bits per heavy atom. The molecule has 0 radical (unpaired) electrons. The monoisotopic (exact) mass is 274 g/mol. The van der Waals surface area contributed by atoms with Crippen LogP contribution in [0.15, 0.2) is 4.34 Å². The zero-order chi connectivity index (χ0) is 12.7. The Bertz CT molecular complexity index is 356. The van der Waals surface area contributed by atoms with Gasteiger partial charge in [0.2, 0.25) is 5.91 Å². The quantitative estimate of drug-likeness (QED) is 0.692. The smallest absolute Gasteiger partial charge is 0.235 e. The molecule has 1 rings (SSSR count). The number of nitrogens with one attached hydrogen (secondary N) is 1. The number of hydrogen-bond donors (Lipinski definition) is 2. The number of primary amides is 1. The van der Waals surface area contributed by atoms with E-state index in [2.05, 4.69) is 21.6 Å². The standard InChI is InChI=1S/C10H18N4OS2/c1-3-5-12-7(9(11)15)6-16-10-13-8(4-2)14-17-10/h7,12H,3-6H2,1-2H3,(H2,11,15). The second-order valence-corrected chi connectivity index (χ2v) is 5.57. The van der Waals surface area contributed by atoms with E-state index in [9.17, 15) is 4.79 Å². The molecule has 3 N–H and O–H groups in total. The highest BCUT2D eigenvalue weighted by Gasteiger charge is 2.15. The number of thioether (sulfide) groups is 1. The first-order chi connectivity index (χ1) is 8.17. The Morgan fingerprint density at radius 1 is 1.59 bits per heavy atom. The molecule has 1 atom stereocenters. The third-order valence-electron chi connectivity index (χ3n) is 2.12. The molecule has 1 amide bonds. The summed E-state index contributed by atoms with van der Waals surface area (Å²) >= 11 is 2.90. The molecular weight excluding hydrogens is 256 g/mol. The van der Waals surface area contributed by atoms with Crippen LogP contribution in [0.1, 0.15) is 26.1 Å². The Hall–Kier alpha value is -0.660. The number of hydrogen-bond acceptors (Lipinski definition) is 6. The number of aromatic nitrogens is 2. The fourth-order valence-electron chi connectivity index (χ4n) is 1.16. The number of carbonyl (C=O) groups excluding carboxylic acids is 1. The second-order valence-electron chi connectivity index (χ2n) is 3.55. The molecule has 7 heteroatoms. The predicted octanol–water partition coefficient (Wildman–Crippen LogP) is 1.05. The van der Waals surface area contributed by atoms with Gasteiger partial charge in [0.1, 0.15) is 5.82 Å². The van der Waals surface area contributed by atoms with Crippen LogP contribution >= 0.6 is 23.3 Å². The van der Waals surface area contributed by atoms with Crippen molar-refractivity contribution in [2.24, 2.45) is 5.73 Å². The number of carbonyl (C=O) groups is 1. The Balaban J connectivity index is 2.42. The summed E-state index contributed by atoms with van der Waals surface area (Å²) in [5, 5.41) is 3.12. The van der Waals surface area contributed by atoms with Gasteiger partial charge in [-0.2, -0.15) is 4.37 Å². The number of rotatable bonds is 8. The predicted molar refractivity (Wildman–Crippen MR) is 71.3 cm³/mol. The maximum atomic E-state index is 11.2. The van der Waals surface area contributed by atoms with Gasteiger partial charge in [-0.25, -0.2) is 4.98 Å². The van der Waals surface area contributed by atoms with Crippen molar-refractivity contribution >= 4 is 29.2 Å². The lowest BCUT2D eigenvalue weighted by atomic mass is 10.3. The summed E-state index contributed by atoms with van der Waals surface area (Å²) in [5.74, 6) is 1.15. The average Bonchev–Trinajstić information content (AvgIpc) is 2.76. The lowest BCUT2D eigenvalue weighted by molar-refractivity contribution is -0.119. The molecule has 0 bridgehead atoms. The highest BCUT2D eigenvalue weighted by molar-refractivity contribution is 8.01. The van der Waals surface area contributed by atoms with E-state index in [4.69, 9.17) is 5.73 Å². The molecule has 1 aromatic rings. The van der Waals surface area contributed by atoms with Gasteiger partial charge < -0.3 is 11.1 Å². The molecule has 0 fully saturated rings. The average molecular weight is 274 g/mol. The minimum atomic E-state index is -0.314.